The molecule has 3 fully saturated rings. The summed E-state index contributed by atoms with van der Waals surface area (Å²) in [4.78, 5) is 42.0. The van der Waals surface area contributed by atoms with E-state index in [4.69, 9.17) is 33.2 Å². The number of hydrogen-bond acceptors (Lipinski definition) is 6. The molecule has 3 saturated carbocycles. The second-order valence-corrected chi connectivity index (χ2v) is 17.0. The predicted molar refractivity (Wildman–Crippen MR) is 209 cm³/mol. The number of nitrogens with one attached hydrogen (secondary N) is 2. The van der Waals surface area contributed by atoms with E-state index in [1.165, 1.54) is 57.8 Å². The van der Waals surface area contributed by atoms with Crippen LogP contribution in [0.2, 0.25) is 10.0 Å². The van der Waals surface area contributed by atoms with Crippen molar-refractivity contribution < 1.29 is 9.59 Å². The molecule has 4 heterocycles. The number of aromatic nitrogens is 4. The summed E-state index contributed by atoms with van der Waals surface area (Å²) in [6.07, 6.45) is 13.9. The number of fused-ring (bicyclic) bond motifs is 4. The zero-order valence-electron chi connectivity index (χ0n) is 30.7. The largest absolute Gasteiger partial charge is 0.327 e. The molecule has 0 spiro atoms. The van der Waals surface area contributed by atoms with Crippen molar-refractivity contribution in [2.24, 2.45) is 25.4 Å². The lowest BCUT2D eigenvalue weighted by Gasteiger charge is -2.39. The molecule has 0 atom stereocenters. The van der Waals surface area contributed by atoms with Gasteiger partial charge in [-0.2, -0.15) is 0 Å². The normalized spacial score (nSPS) is 22.8. The molecule has 10 nitrogen and oxygen atoms in total. The number of carbonyl (C=O) groups is 2. The minimum Gasteiger partial charge on any atom is -0.327 e. The number of imidazole rings is 2. The van der Waals surface area contributed by atoms with E-state index in [0.717, 1.165) is 74.3 Å². The average molecular weight is 756 g/mol. The Morgan fingerprint density at radius 2 is 1.36 bits per heavy atom. The summed E-state index contributed by atoms with van der Waals surface area (Å²) in [7, 11) is 3.83. The van der Waals surface area contributed by atoms with E-state index in [0.29, 0.717) is 55.7 Å². The number of anilines is 2. The molecular weight excluding hydrogens is 707 g/mol. The smallest absolute Gasteiger partial charge is 0.291 e. The molecule has 5 aliphatic rings. The van der Waals surface area contributed by atoms with Crippen molar-refractivity contribution in [3.63, 3.8) is 0 Å². The second kappa shape index (κ2) is 13.9. The van der Waals surface area contributed by atoms with Crippen molar-refractivity contribution in [2.75, 3.05) is 30.3 Å². The van der Waals surface area contributed by atoms with E-state index in [2.05, 4.69) is 20.4 Å². The first-order valence-electron chi connectivity index (χ1n) is 19.4. The molecule has 3 aliphatic carbocycles. The Labute approximate surface area is 321 Å². The standard InChI is InChI=1S/C41H48Cl2N8O2/c1-48-33-14-19-50(21-18-41-16-12-25(22-41)13-17-41)23-31(33)44-37(48)39(52)46-29-10-4-8-27(35(29)42)28-9-5-11-30(36(28)43)47-40(53)38-45-32-24-51(26-6-3-7-26)20-15-34(32)49(38)2/h4-5,8-11,25-26H,3,6-7,12-24H2,1-2H3,(H,46,52)(H,47,53). The van der Waals surface area contributed by atoms with Crippen LogP contribution in [0, 0.1) is 11.3 Å². The first-order chi connectivity index (χ1) is 25.7. The Hall–Kier alpha value is -3.70. The Balaban J connectivity index is 0.884. The summed E-state index contributed by atoms with van der Waals surface area (Å²) in [5.74, 6) is 1.09. The molecule has 9 rings (SSSR count). The van der Waals surface area contributed by atoms with Gasteiger partial charge in [-0.3, -0.25) is 19.4 Å². The number of halogens is 2. The maximum Gasteiger partial charge on any atom is 0.291 e. The summed E-state index contributed by atoms with van der Waals surface area (Å²) in [5.41, 5.74) is 6.98. The highest BCUT2D eigenvalue weighted by molar-refractivity contribution is 6.40. The van der Waals surface area contributed by atoms with Gasteiger partial charge in [-0.25, -0.2) is 9.97 Å². The molecule has 2 amide bonds. The molecule has 4 aromatic rings. The first-order valence-corrected chi connectivity index (χ1v) is 20.2. The molecule has 2 aromatic carbocycles. The molecule has 2 aliphatic heterocycles. The molecule has 0 radical (unpaired) electrons. The second-order valence-electron chi connectivity index (χ2n) is 16.2. The topological polar surface area (TPSA) is 100 Å². The number of carbonyl (C=O) groups excluding carboxylic acids is 2. The van der Waals surface area contributed by atoms with Gasteiger partial charge in [0, 0.05) is 81.7 Å². The number of hydrogen-bond donors (Lipinski definition) is 2. The molecular formula is C41H48Cl2N8O2. The third-order valence-electron chi connectivity index (χ3n) is 13.2. The SMILES string of the molecule is Cn1c(C(=O)Nc2cccc(-c3cccc(NC(=O)c4nc5c(n4C)CCN(C4CCC4)C5)c3Cl)c2Cl)nc2c1CCN(CCC13CCC(CC1)C3)C2. The summed E-state index contributed by atoms with van der Waals surface area (Å²) < 4.78 is 3.85. The quantitative estimate of drug-likeness (QED) is 0.181. The summed E-state index contributed by atoms with van der Waals surface area (Å²) >= 11 is 14.0. The van der Waals surface area contributed by atoms with Gasteiger partial charge in [0.25, 0.3) is 11.8 Å². The van der Waals surface area contributed by atoms with Crippen LogP contribution in [0.15, 0.2) is 36.4 Å². The summed E-state index contributed by atoms with van der Waals surface area (Å²) in [5, 5.41) is 6.72. The highest BCUT2D eigenvalue weighted by atomic mass is 35.5. The number of nitrogens with zero attached hydrogens (tertiary/aromatic N) is 6. The highest BCUT2D eigenvalue weighted by Crippen LogP contribution is 2.56. The zero-order valence-corrected chi connectivity index (χ0v) is 32.2. The molecule has 278 valence electrons. The lowest BCUT2D eigenvalue weighted by atomic mass is 9.81. The third kappa shape index (κ3) is 6.39. The van der Waals surface area contributed by atoms with Crippen LogP contribution in [-0.2, 0) is 40.0 Å². The van der Waals surface area contributed by atoms with Gasteiger partial charge in [0.1, 0.15) is 0 Å². The summed E-state index contributed by atoms with van der Waals surface area (Å²) in [6.45, 7) is 4.65. The maximum absolute atomic E-state index is 13.7. The zero-order chi connectivity index (χ0) is 36.4. The molecule has 2 bridgehead atoms. The first kappa shape index (κ1) is 35.0. The Kier molecular flexibility index (Phi) is 9.16. The minimum absolute atomic E-state index is 0.310. The molecule has 12 heteroatoms. The van der Waals surface area contributed by atoms with Crippen molar-refractivity contribution in [1.29, 1.82) is 0 Å². The van der Waals surface area contributed by atoms with Crippen molar-refractivity contribution in [1.82, 2.24) is 28.9 Å². The third-order valence-corrected chi connectivity index (χ3v) is 14.1. The van der Waals surface area contributed by atoms with E-state index in [1.807, 2.05) is 47.5 Å². The maximum atomic E-state index is 13.7. The lowest BCUT2D eigenvalue weighted by molar-refractivity contribution is 0.100. The fraction of sp³-hybridized carbons (Fsp3) is 0.512. The Morgan fingerprint density at radius 3 is 1.89 bits per heavy atom. The van der Waals surface area contributed by atoms with Crippen LogP contribution in [0.4, 0.5) is 11.4 Å². The van der Waals surface area contributed by atoms with Crippen LogP contribution in [0.1, 0.15) is 102 Å². The number of benzene rings is 2. The minimum atomic E-state index is -0.315. The van der Waals surface area contributed by atoms with E-state index < -0.39 is 0 Å². The monoisotopic (exact) mass is 754 g/mol. The van der Waals surface area contributed by atoms with Crippen LogP contribution >= 0.6 is 23.2 Å². The Bertz CT molecular complexity index is 2090. The number of rotatable bonds is 9. The average Bonchev–Trinajstić information content (AvgIpc) is 3.90. The van der Waals surface area contributed by atoms with Gasteiger partial charge >= 0.3 is 0 Å². The van der Waals surface area contributed by atoms with Gasteiger partial charge in [-0.15, -0.1) is 0 Å². The fourth-order valence-corrected chi connectivity index (χ4v) is 10.4. The van der Waals surface area contributed by atoms with Crippen molar-refractivity contribution in [3.8, 4) is 11.1 Å². The molecule has 2 aromatic heterocycles. The predicted octanol–water partition coefficient (Wildman–Crippen LogP) is 7.87. The van der Waals surface area contributed by atoms with E-state index in [9.17, 15) is 9.59 Å². The lowest BCUT2D eigenvalue weighted by Crippen LogP contribution is -2.43. The number of amides is 2. The van der Waals surface area contributed by atoms with Gasteiger partial charge < -0.3 is 19.8 Å². The van der Waals surface area contributed by atoms with Gasteiger partial charge in [-0.05, 0) is 81.4 Å². The van der Waals surface area contributed by atoms with E-state index in [-0.39, 0.29) is 11.8 Å². The van der Waals surface area contributed by atoms with Gasteiger partial charge in [0.2, 0.25) is 0 Å². The molecule has 0 unspecified atom stereocenters. The summed E-state index contributed by atoms with van der Waals surface area (Å²) in [6, 6.07) is 11.6. The Morgan fingerprint density at radius 1 is 0.792 bits per heavy atom. The van der Waals surface area contributed by atoms with Gasteiger partial charge in [0.15, 0.2) is 11.6 Å². The van der Waals surface area contributed by atoms with Crippen molar-refractivity contribution >= 4 is 46.4 Å². The fourth-order valence-electron chi connectivity index (χ4n) is 9.88. The van der Waals surface area contributed by atoms with Crippen LogP contribution in [0.5, 0.6) is 0 Å². The van der Waals surface area contributed by atoms with Crippen molar-refractivity contribution in [3.05, 3.63) is 80.9 Å². The van der Waals surface area contributed by atoms with Crippen molar-refractivity contribution in [2.45, 2.75) is 89.8 Å². The molecule has 2 N–H and O–H groups in total. The van der Waals surface area contributed by atoms with E-state index in [1.54, 1.807) is 12.1 Å². The van der Waals surface area contributed by atoms with Crippen LogP contribution < -0.4 is 10.6 Å². The van der Waals surface area contributed by atoms with Gasteiger partial charge in [-0.1, -0.05) is 53.9 Å². The van der Waals surface area contributed by atoms with Gasteiger partial charge in [0.05, 0.1) is 32.8 Å². The van der Waals surface area contributed by atoms with Crippen LogP contribution in [-0.4, -0.2) is 66.4 Å². The molecule has 0 saturated heterocycles. The molecule has 53 heavy (non-hydrogen) atoms. The van der Waals surface area contributed by atoms with Crippen LogP contribution in [0.3, 0.4) is 0 Å². The highest BCUT2D eigenvalue weighted by Gasteiger charge is 2.44. The van der Waals surface area contributed by atoms with E-state index >= 15 is 0 Å². The van der Waals surface area contributed by atoms with Crippen LogP contribution in [0.25, 0.3) is 11.1 Å².